The molecule has 1 fully saturated rings. The maximum Gasteiger partial charge on any atom is 0.281 e. The molecule has 0 radical (unpaired) electrons. The fourth-order valence-electron chi connectivity index (χ4n) is 3.81. The molecule has 146 valence electrons. The first-order chi connectivity index (χ1) is 14.2. The van der Waals surface area contributed by atoms with E-state index in [9.17, 15) is 10.1 Å². The second kappa shape index (κ2) is 8.24. The minimum absolute atomic E-state index is 0.0676. The molecule has 1 amide bonds. The first-order valence-electron chi connectivity index (χ1n) is 9.91. The van der Waals surface area contributed by atoms with Crippen LogP contribution in [0.15, 0.2) is 66.7 Å². The normalized spacial score (nSPS) is 15.0. The summed E-state index contributed by atoms with van der Waals surface area (Å²) >= 11 is 0. The number of nitrogens with zero attached hydrogens (tertiary/aromatic N) is 3. The van der Waals surface area contributed by atoms with Crippen molar-refractivity contribution < 1.29 is 9.53 Å². The first kappa shape index (κ1) is 18.8. The van der Waals surface area contributed by atoms with E-state index < -0.39 is 6.10 Å². The molecule has 1 aliphatic rings. The van der Waals surface area contributed by atoms with E-state index in [0.717, 1.165) is 35.8 Å². The number of nitriles is 1. The van der Waals surface area contributed by atoms with Crippen molar-refractivity contribution in [3.8, 4) is 11.8 Å². The van der Waals surface area contributed by atoms with Crippen molar-refractivity contribution in [2.45, 2.75) is 25.9 Å². The number of anilines is 1. The highest BCUT2D eigenvalue weighted by atomic mass is 16.5. The van der Waals surface area contributed by atoms with E-state index in [4.69, 9.17) is 4.74 Å². The average Bonchev–Trinajstić information content (AvgIpc) is 2.78. The number of rotatable bonds is 4. The molecule has 1 heterocycles. The van der Waals surface area contributed by atoms with Crippen LogP contribution in [0.1, 0.15) is 25.3 Å². The van der Waals surface area contributed by atoms with Crippen molar-refractivity contribution in [2.75, 3.05) is 18.1 Å². The number of hydrogen-bond acceptors (Lipinski definition) is 4. The lowest BCUT2D eigenvalue weighted by molar-refractivity contribution is -0.139. The average molecular weight is 385 g/mol. The van der Waals surface area contributed by atoms with Crippen LogP contribution in [-0.4, -0.2) is 30.1 Å². The molecule has 29 heavy (non-hydrogen) atoms. The summed E-state index contributed by atoms with van der Waals surface area (Å²) in [6.07, 6.45) is 1.36. The van der Waals surface area contributed by atoms with Gasteiger partial charge in [0, 0.05) is 23.9 Å². The fraction of sp³-hybridized carbons (Fsp3) is 0.250. The van der Waals surface area contributed by atoms with E-state index in [1.165, 1.54) is 0 Å². The number of fused-ring (bicyclic) bond motifs is 1. The SMILES string of the molecule is CC(Oc1ccccc1)C(=O)N1CCCCN1c1ccc(C#N)c2ccccc12. The lowest BCUT2D eigenvalue weighted by atomic mass is 10.0. The van der Waals surface area contributed by atoms with Gasteiger partial charge in [0.15, 0.2) is 6.10 Å². The molecule has 3 aromatic carbocycles. The van der Waals surface area contributed by atoms with E-state index in [-0.39, 0.29) is 5.91 Å². The van der Waals surface area contributed by atoms with Gasteiger partial charge in [0.05, 0.1) is 17.3 Å². The number of hydrogen-bond donors (Lipinski definition) is 0. The molecular weight excluding hydrogens is 362 g/mol. The van der Waals surface area contributed by atoms with Gasteiger partial charge in [-0.1, -0.05) is 42.5 Å². The van der Waals surface area contributed by atoms with Crippen LogP contribution in [0.4, 0.5) is 5.69 Å². The first-order valence-corrected chi connectivity index (χ1v) is 9.91. The molecule has 0 spiro atoms. The van der Waals surface area contributed by atoms with E-state index in [1.807, 2.05) is 71.7 Å². The Kier molecular flexibility index (Phi) is 5.35. The molecule has 0 saturated carbocycles. The maximum absolute atomic E-state index is 13.3. The van der Waals surface area contributed by atoms with Crippen LogP contribution in [0.25, 0.3) is 10.8 Å². The topological polar surface area (TPSA) is 56.6 Å². The monoisotopic (exact) mass is 385 g/mol. The fourth-order valence-corrected chi connectivity index (χ4v) is 3.81. The second-order valence-electron chi connectivity index (χ2n) is 7.15. The number of hydrazine groups is 1. The minimum atomic E-state index is -0.595. The molecule has 0 N–H and O–H groups in total. The highest BCUT2D eigenvalue weighted by Gasteiger charge is 2.30. The van der Waals surface area contributed by atoms with Crippen molar-refractivity contribution in [3.05, 3.63) is 72.3 Å². The summed E-state index contributed by atoms with van der Waals surface area (Å²) in [6.45, 7) is 3.19. The van der Waals surface area contributed by atoms with Crippen molar-refractivity contribution in [1.82, 2.24) is 5.01 Å². The van der Waals surface area contributed by atoms with Crippen molar-refractivity contribution in [2.24, 2.45) is 0 Å². The van der Waals surface area contributed by atoms with Gasteiger partial charge in [-0.25, -0.2) is 0 Å². The van der Waals surface area contributed by atoms with E-state index >= 15 is 0 Å². The lowest BCUT2D eigenvalue weighted by Crippen LogP contribution is -2.54. The molecule has 1 aliphatic heterocycles. The van der Waals surface area contributed by atoms with Gasteiger partial charge in [0.1, 0.15) is 5.75 Å². The number of amides is 1. The van der Waals surface area contributed by atoms with Gasteiger partial charge in [-0.05, 0) is 44.0 Å². The standard InChI is InChI=1S/C24H23N3O2/c1-18(29-20-9-3-2-4-10-20)24(28)27-16-8-7-15-26(27)23-14-13-19(17-25)21-11-5-6-12-22(21)23/h2-6,9-14,18H,7-8,15-16H2,1H3. The van der Waals surface area contributed by atoms with Gasteiger partial charge < -0.3 is 4.74 Å². The molecule has 3 aromatic rings. The summed E-state index contributed by atoms with van der Waals surface area (Å²) in [5, 5.41) is 15.2. The summed E-state index contributed by atoms with van der Waals surface area (Å²) in [6, 6.07) is 23.3. The largest absolute Gasteiger partial charge is 0.481 e. The highest BCUT2D eigenvalue weighted by molar-refractivity contribution is 5.98. The van der Waals surface area contributed by atoms with Gasteiger partial charge in [-0.3, -0.25) is 14.8 Å². The van der Waals surface area contributed by atoms with Gasteiger partial charge in [0.25, 0.3) is 5.91 Å². The molecule has 0 bridgehead atoms. The van der Waals surface area contributed by atoms with Crippen LogP contribution in [0.3, 0.4) is 0 Å². The van der Waals surface area contributed by atoms with E-state index in [2.05, 4.69) is 6.07 Å². The number of carbonyl (C=O) groups is 1. The molecule has 1 saturated heterocycles. The third-order valence-corrected chi connectivity index (χ3v) is 5.24. The van der Waals surface area contributed by atoms with Crippen LogP contribution in [-0.2, 0) is 4.79 Å². The molecule has 0 aliphatic carbocycles. The predicted molar refractivity (Wildman–Crippen MR) is 113 cm³/mol. The van der Waals surface area contributed by atoms with Crippen LogP contribution >= 0.6 is 0 Å². The zero-order chi connectivity index (χ0) is 20.2. The van der Waals surface area contributed by atoms with Gasteiger partial charge in [-0.2, -0.15) is 5.26 Å². The number of benzene rings is 3. The Bertz CT molecular complexity index is 1060. The summed E-state index contributed by atoms with van der Waals surface area (Å²) in [5.74, 6) is 0.614. The van der Waals surface area contributed by atoms with E-state index in [1.54, 1.807) is 11.9 Å². The van der Waals surface area contributed by atoms with Gasteiger partial charge in [-0.15, -0.1) is 0 Å². The third-order valence-electron chi connectivity index (χ3n) is 5.24. The highest BCUT2D eigenvalue weighted by Crippen LogP contribution is 2.32. The Morgan fingerprint density at radius 2 is 1.66 bits per heavy atom. The molecule has 1 unspecified atom stereocenters. The quantitative estimate of drug-likeness (QED) is 0.662. The summed E-state index contributed by atoms with van der Waals surface area (Å²) in [7, 11) is 0. The third kappa shape index (κ3) is 3.74. The Labute approximate surface area is 170 Å². The molecule has 5 nitrogen and oxygen atoms in total. The Morgan fingerprint density at radius 3 is 2.41 bits per heavy atom. The molecule has 0 aromatic heterocycles. The predicted octanol–water partition coefficient (Wildman–Crippen LogP) is 4.52. The van der Waals surface area contributed by atoms with Crippen molar-refractivity contribution in [1.29, 1.82) is 5.26 Å². The Balaban J connectivity index is 1.65. The molecule has 5 heteroatoms. The van der Waals surface area contributed by atoms with Crippen LogP contribution in [0.2, 0.25) is 0 Å². The van der Waals surface area contributed by atoms with Crippen LogP contribution in [0, 0.1) is 11.3 Å². The summed E-state index contributed by atoms with van der Waals surface area (Å²) < 4.78 is 5.88. The van der Waals surface area contributed by atoms with Crippen LogP contribution in [0.5, 0.6) is 5.75 Å². The zero-order valence-corrected chi connectivity index (χ0v) is 16.4. The molecular formula is C24H23N3O2. The van der Waals surface area contributed by atoms with Crippen molar-refractivity contribution in [3.63, 3.8) is 0 Å². The number of carbonyl (C=O) groups excluding carboxylic acids is 1. The minimum Gasteiger partial charge on any atom is -0.481 e. The smallest absolute Gasteiger partial charge is 0.281 e. The lowest BCUT2D eigenvalue weighted by Gasteiger charge is -2.41. The maximum atomic E-state index is 13.3. The Morgan fingerprint density at radius 1 is 0.966 bits per heavy atom. The number of ether oxygens (including phenoxy) is 1. The molecule has 4 rings (SSSR count). The summed E-state index contributed by atoms with van der Waals surface area (Å²) in [5.41, 5.74) is 1.58. The van der Waals surface area contributed by atoms with Gasteiger partial charge in [0.2, 0.25) is 0 Å². The summed E-state index contributed by atoms with van der Waals surface area (Å²) in [4.78, 5) is 13.3. The zero-order valence-electron chi connectivity index (χ0n) is 16.4. The van der Waals surface area contributed by atoms with Crippen LogP contribution < -0.4 is 9.75 Å². The molecule has 1 atom stereocenters. The Hall–Kier alpha value is -3.52. The second-order valence-corrected chi connectivity index (χ2v) is 7.15. The number of para-hydroxylation sites is 1. The van der Waals surface area contributed by atoms with Crippen molar-refractivity contribution >= 4 is 22.4 Å². The van der Waals surface area contributed by atoms with E-state index in [0.29, 0.717) is 17.9 Å². The van der Waals surface area contributed by atoms with Gasteiger partial charge >= 0.3 is 0 Å².